The number of aromatic nitrogens is 1. The number of hydrogen-bond donors (Lipinski definition) is 2. The van der Waals surface area contributed by atoms with E-state index in [2.05, 4.69) is 10.3 Å². The monoisotopic (exact) mass is 212 g/mol. The Morgan fingerprint density at radius 2 is 2.20 bits per heavy atom. The van der Waals surface area contributed by atoms with Crippen molar-refractivity contribution >= 4 is 5.97 Å². The molecule has 0 aliphatic carbocycles. The number of oxazole rings is 1. The summed E-state index contributed by atoms with van der Waals surface area (Å²) in [7, 11) is 0. The molecule has 0 radical (unpaired) electrons. The number of rotatable bonds is 4. The largest absolute Gasteiger partial charge is 0.476 e. The lowest BCUT2D eigenvalue weighted by Gasteiger charge is -2.25. The van der Waals surface area contributed by atoms with Crippen molar-refractivity contribution in [3.05, 3.63) is 17.8 Å². The van der Waals surface area contributed by atoms with Crippen molar-refractivity contribution in [2.75, 3.05) is 0 Å². The number of carboxylic acid groups (broad SMARTS) is 1. The maximum Gasteiger partial charge on any atom is 0.357 e. The maximum absolute atomic E-state index is 10.6. The van der Waals surface area contributed by atoms with Crippen LogP contribution >= 0.6 is 0 Å². The van der Waals surface area contributed by atoms with Gasteiger partial charge in [-0.2, -0.15) is 0 Å². The first-order valence-electron chi connectivity index (χ1n) is 4.80. The van der Waals surface area contributed by atoms with Crippen molar-refractivity contribution in [2.24, 2.45) is 0 Å². The van der Waals surface area contributed by atoms with Crippen LogP contribution in [-0.2, 0) is 5.54 Å². The summed E-state index contributed by atoms with van der Waals surface area (Å²) in [5.74, 6) is -0.695. The quantitative estimate of drug-likeness (QED) is 0.793. The van der Waals surface area contributed by atoms with Crippen LogP contribution in [-0.4, -0.2) is 22.1 Å². The fraction of sp³-hybridized carbons (Fsp3) is 0.600. The predicted octanol–water partition coefficient (Wildman–Crippen LogP) is 1.61. The Balaban J connectivity index is 2.90. The van der Waals surface area contributed by atoms with E-state index in [0.717, 1.165) is 6.26 Å². The Kier molecular flexibility index (Phi) is 3.14. The molecule has 5 nitrogen and oxygen atoms in total. The van der Waals surface area contributed by atoms with Gasteiger partial charge in [-0.1, -0.05) is 0 Å². The lowest BCUT2D eigenvalue weighted by atomic mass is 10.0. The van der Waals surface area contributed by atoms with Crippen molar-refractivity contribution in [1.29, 1.82) is 0 Å². The summed E-state index contributed by atoms with van der Waals surface area (Å²) in [5, 5.41) is 11.9. The number of hydrogen-bond acceptors (Lipinski definition) is 4. The van der Waals surface area contributed by atoms with Gasteiger partial charge < -0.3 is 14.8 Å². The third-order valence-electron chi connectivity index (χ3n) is 1.91. The molecule has 1 heterocycles. The Morgan fingerprint density at radius 1 is 1.60 bits per heavy atom. The van der Waals surface area contributed by atoms with Gasteiger partial charge in [0.05, 0.1) is 5.54 Å². The smallest absolute Gasteiger partial charge is 0.357 e. The van der Waals surface area contributed by atoms with Gasteiger partial charge in [-0.15, -0.1) is 0 Å². The second-order valence-electron chi connectivity index (χ2n) is 4.27. The van der Waals surface area contributed by atoms with Crippen molar-refractivity contribution in [2.45, 2.75) is 39.3 Å². The molecular formula is C10H16N2O3. The number of carboxylic acids is 1. The molecule has 0 saturated heterocycles. The van der Waals surface area contributed by atoms with Crippen LogP contribution in [0.5, 0.6) is 0 Å². The van der Waals surface area contributed by atoms with E-state index in [1.165, 1.54) is 0 Å². The first-order chi connectivity index (χ1) is 6.83. The van der Waals surface area contributed by atoms with Gasteiger partial charge in [0.25, 0.3) is 0 Å². The zero-order valence-electron chi connectivity index (χ0n) is 9.37. The lowest BCUT2D eigenvalue weighted by Crippen LogP contribution is -2.41. The Morgan fingerprint density at radius 3 is 2.60 bits per heavy atom. The van der Waals surface area contributed by atoms with Gasteiger partial charge in [0, 0.05) is 6.04 Å². The van der Waals surface area contributed by atoms with Crippen LogP contribution in [0, 0.1) is 0 Å². The van der Waals surface area contributed by atoms with Crippen LogP contribution in [0.2, 0.25) is 0 Å². The van der Waals surface area contributed by atoms with Crippen LogP contribution in [0.1, 0.15) is 44.1 Å². The summed E-state index contributed by atoms with van der Waals surface area (Å²) in [5.41, 5.74) is -0.536. The van der Waals surface area contributed by atoms with Crippen LogP contribution in [0.15, 0.2) is 10.7 Å². The SMILES string of the molecule is CC(C)NC(C)(C)c1nc(C(=O)O)co1. The Hall–Kier alpha value is -1.36. The third kappa shape index (κ3) is 2.79. The normalized spacial score (nSPS) is 12.1. The highest BCUT2D eigenvalue weighted by Gasteiger charge is 2.27. The van der Waals surface area contributed by atoms with Gasteiger partial charge in [0.1, 0.15) is 6.26 Å². The minimum absolute atomic E-state index is 0.0661. The summed E-state index contributed by atoms with van der Waals surface area (Å²) in [4.78, 5) is 14.5. The molecule has 15 heavy (non-hydrogen) atoms. The molecule has 0 saturated carbocycles. The number of carbonyl (C=O) groups is 1. The summed E-state index contributed by atoms with van der Waals surface area (Å²) < 4.78 is 5.14. The first-order valence-corrected chi connectivity index (χ1v) is 4.80. The summed E-state index contributed by atoms with van der Waals surface area (Å²) in [6.45, 7) is 7.79. The van der Waals surface area contributed by atoms with Crippen molar-refractivity contribution < 1.29 is 14.3 Å². The van der Waals surface area contributed by atoms with E-state index in [1.54, 1.807) is 0 Å². The molecule has 1 aromatic rings. The zero-order chi connectivity index (χ0) is 11.6. The summed E-state index contributed by atoms with van der Waals surface area (Å²) >= 11 is 0. The van der Waals surface area contributed by atoms with Crippen LogP contribution in [0.25, 0.3) is 0 Å². The van der Waals surface area contributed by atoms with E-state index in [9.17, 15) is 4.79 Å². The fourth-order valence-electron chi connectivity index (χ4n) is 1.44. The average Bonchev–Trinajstić information content (AvgIpc) is 2.48. The molecule has 0 aromatic carbocycles. The van der Waals surface area contributed by atoms with Crippen molar-refractivity contribution in [3.63, 3.8) is 0 Å². The highest BCUT2D eigenvalue weighted by molar-refractivity contribution is 5.84. The Bertz CT molecular complexity index is 355. The number of nitrogens with one attached hydrogen (secondary N) is 1. The van der Waals surface area contributed by atoms with E-state index in [4.69, 9.17) is 9.52 Å². The van der Waals surface area contributed by atoms with Crippen LogP contribution < -0.4 is 5.32 Å². The average molecular weight is 212 g/mol. The molecule has 84 valence electrons. The van der Waals surface area contributed by atoms with Crippen molar-refractivity contribution in [1.82, 2.24) is 10.3 Å². The topological polar surface area (TPSA) is 75.4 Å². The highest BCUT2D eigenvalue weighted by atomic mass is 16.4. The lowest BCUT2D eigenvalue weighted by molar-refractivity contribution is 0.0690. The van der Waals surface area contributed by atoms with E-state index in [1.807, 2.05) is 27.7 Å². The van der Waals surface area contributed by atoms with Gasteiger partial charge >= 0.3 is 5.97 Å². The zero-order valence-corrected chi connectivity index (χ0v) is 9.37. The number of aromatic carboxylic acids is 1. The van der Waals surface area contributed by atoms with E-state index in [0.29, 0.717) is 5.89 Å². The molecule has 1 aromatic heterocycles. The van der Waals surface area contributed by atoms with Crippen LogP contribution in [0.4, 0.5) is 0 Å². The predicted molar refractivity (Wildman–Crippen MR) is 54.8 cm³/mol. The molecule has 0 spiro atoms. The van der Waals surface area contributed by atoms with E-state index >= 15 is 0 Å². The molecular weight excluding hydrogens is 196 g/mol. The van der Waals surface area contributed by atoms with Crippen LogP contribution in [0.3, 0.4) is 0 Å². The molecule has 0 atom stereocenters. The van der Waals surface area contributed by atoms with Gasteiger partial charge in [0.2, 0.25) is 5.89 Å². The molecule has 0 fully saturated rings. The van der Waals surface area contributed by atoms with Gasteiger partial charge in [0.15, 0.2) is 5.69 Å². The fourth-order valence-corrected chi connectivity index (χ4v) is 1.44. The van der Waals surface area contributed by atoms with Gasteiger partial charge in [-0.3, -0.25) is 0 Å². The molecule has 0 bridgehead atoms. The second-order valence-corrected chi connectivity index (χ2v) is 4.27. The molecule has 0 unspecified atom stereocenters. The minimum atomic E-state index is -1.08. The van der Waals surface area contributed by atoms with Gasteiger partial charge in [-0.05, 0) is 27.7 Å². The standard InChI is InChI=1S/C10H16N2O3/c1-6(2)12-10(3,4)9-11-7(5-15-9)8(13)14/h5-6,12H,1-4H3,(H,13,14). The minimum Gasteiger partial charge on any atom is -0.476 e. The molecule has 0 amide bonds. The molecule has 0 aliphatic rings. The molecule has 5 heteroatoms. The molecule has 0 aliphatic heterocycles. The summed E-state index contributed by atoms with van der Waals surface area (Å²) in [6.07, 6.45) is 1.15. The maximum atomic E-state index is 10.6. The van der Waals surface area contributed by atoms with E-state index < -0.39 is 11.5 Å². The Labute approximate surface area is 88.5 Å². The second kappa shape index (κ2) is 4.02. The molecule has 1 rings (SSSR count). The first kappa shape index (κ1) is 11.7. The highest BCUT2D eigenvalue weighted by Crippen LogP contribution is 2.19. The summed E-state index contributed by atoms with van der Waals surface area (Å²) in [6, 6.07) is 0.264. The third-order valence-corrected chi connectivity index (χ3v) is 1.91. The van der Waals surface area contributed by atoms with E-state index in [-0.39, 0.29) is 11.7 Å². The number of nitrogens with zero attached hydrogens (tertiary/aromatic N) is 1. The molecule has 2 N–H and O–H groups in total. The van der Waals surface area contributed by atoms with Gasteiger partial charge in [-0.25, -0.2) is 9.78 Å². The van der Waals surface area contributed by atoms with Crippen molar-refractivity contribution in [3.8, 4) is 0 Å².